The van der Waals surface area contributed by atoms with Crippen LogP contribution in [0.25, 0.3) is 0 Å². The lowest BCUT2D eigenvalue weighted by Crippen LogP contribution is -2.33. The minimum absolute atomic E-state index is 0.0450. The van der Waals surface area contributed by atoms with Gasteiger partial charge in [-0.15, -0.1) is 0 Å². The number of benzene rings is 2. The van der Waals surface area contributed by atoms with Crippen molar-refractivity contribution in [1.82, 2.24) is 0 Å². The van der Waals surface area contributed by atoms with Crippen molar-refractivity contribution in [2.45, 2.75) is 43.9 Å². The molecule has 6 nitrogen and oxygen atoms in total. The van der Waals surface area contributed by atoms with E-state index in [4.69, 9.17) is 0 Å². The summed E-state index contributed by atoms with van der Waals surface area (Å²) in [6, 6.07) is 13.3. The second-order valence-electron chi connectivity index (χ2n) is 6.98. The average Bonchev–Trinajstić information content (AvgIpc) is 2.73. The van der Waals surface area contributed by atoms with Crippen molar-refractivity contribution in [2.24, 2.45) is 0 Å². The van der Waals surface area contributed by atoms with Gasteiger partial charge in [0.2, 0.25) is 0 Å². The fraction of sp³-hybridized carbons (Fsp3) is 0.381. The maximum absolute atomic E-state index is 12.6. The topological polar surface area (TPSA) is 89.3 Å². The lowest BCUT2D eigenvalue weighted by molar-refractivity contribution is -0.384. The Hall–Kier alpha value is -2.54. The van der Waals surface area contributed by atoms with Gasteiger partial charge in [-0.2, -0.15) is 0 Å². The van der Waals surface area contributed by atoms with Gasteiger partial charge in [0.1, 0.15) is 5.69 Å². The number of rotatable bonds is 7. The van der Waals surface area contributed by atoms with Crippen LogP contribution >= 0.6 is 0 Å². The first-order valence-corrected chi connectivity index (χ1v) is 10.9. The number of nitrogens with zero attached hydrogens (tertiary/aromatic N) is 1. The largest absolute Gasteiger partial charge is 0.377 e. The Labute approximate surface area is 167 Å². The van der Waals surface area contributed by atoms with Crippen LogP contribution in [-0.2, 0) is 10.8 Å². The van der Waals surface area contributed by atoms with Gasteiger partial charge in [0.15, 0.2) is 5.78 Å². The molecule has 1 aliphatic rings. The van der Waals surface area contributed by atoms with E-state index in [2.05, 4.69) is 5.32 Å². The van der Waals surface area contributed by atoms with Crippen LogP contribution in [0.4, 0.5) is 11.4 Å². The van der Waals surface area contributed by atoms with Crippen molar-refractivity contribution in [2.75, 3.05) is 11.1 Å². The van der Waals surface area contributed by atoms with Crippen LogP contribution in [0.3, 0.4) is 0 Å². The Morgan fingerprint density at radius 1 is 1.18 bits per heavy atom. The van der Waals surface area contributed by atoms with Gasteiger partial charge >= 0.3 is 0 Å². The first-order valence-electron chi connectivity index (χ1n) is 9.51. The minimum atomic E-state index is -0.856. The molecule has 0 aromatic heterocycles. The highest BCUT2D eigenvalue weighted by Gasteiger charge is 2.27. The summed E-state index contributed by atoms with van der Waals surface area (Å²) in [4.78, 5) is 23.7. The van der Waals surface area contributed by atoms with E-state index in [1.165, 1.54) is 6.07 Å². The summed E-state index contributed by atoms with van der Waals surface area (Å²) in [6.45, 7) is 1.92. The maximum Gasteiger partial charge on any atom is 0.293 e. The van der Waals surface area contributed by atoms with E-state index < -0.39 is 15.7 Å². The number of hydrogen-bond donors (Lipinski definition) is 1. The summed E-state index contributed by atoms with van der Waals surface area (Å²) in [5.41, 5.74) is 1.08. The molecule has 1 N–H and O–H groups in total. The van der Waals surface area contributed by atoms with E-state index in [1.54, 1.807) is 36.4 Å². The second kappa shape index (κ2) is 9.10. The van der Waals surface area contributed by atoms with Crippen LogP contribution in [0.15, 0.2) is 48.5 Å². The number of nitro groups is 1. The van der Waals surface area contributed by atoms with E-state index in [0.29, 0.717) is 17.0 Å². The molecule has 28 heavy (non-hydrogen) atoms. The van der Waals surface area contributed by atoms with Gasteiger partial charge in [0, 0.05) is 45.0 Å². The van der Waals surface area contributed by atoms with Gasteiger partial charge in [-0.25, -0.2) is 0 Å². The summed E-state index contributed by atoms with van der Waals surface area (Å²) < 4.78 is 12.1. The zero-order valence-electron chi connectivity index (χ0n) is 15.8. The second-order valence-corrected chi connectivity index (χ2v) is 8.99. The molecule has 0 spiro atoms. The van der Waals surface area contributed by atoms with Crippen molar-refractivity contribution in [3.05, 3.63) is 69.8 Å². The monoisotopic (exact) mass is 400 g/mol. The Balaban J connectivity index is 1.81. The lowest BCUT2D eigenvalue weighted by atomic mass is 9.94. The Kier molecular flexibility index (Phi) is 6.57. The molecule has 1 saturated carbocycles. The SMILES string of the molecule is CCS(=O)C1CCCC(Nc2ccc(C(=O)c3ccccc3)cc2[N+](=O)[O-])C1. The number of anilines is 1. The Morgan fingerprint density at radius 3 is 2.61 bits per heavy atom. The molecule has 2 aromatic rings. The van der Waals surface area contributed by atoms with Crippen LogP contribution in [0, 0.1) is 10.1 Å². The molecular weight excluding hydrogens is 376 g/mol. The van der Waals surface area contributed by atoms with Crippen LogP contribution in [0.1, 0.15) is 48.5 Å². The smallest absolute Gasteiger partial charge is 0.293 e. The number of hydrogen-bond acceptors (Lipinski definition) is 5. The van der Waals surface area contributed by atoms with Crippen molar-refractivity contribution in [3.8, 4) is 0 Å². The highest BCUT2D eigenvalue weighted by Crippen LogP contribution is 2.31. The summed E-state index contributed by atoms with van der Waals surface area (Å²) >= 11 is 0. The fourth-order valence-electron chi connectivity index (χ4n) is 3.67. The molecule has 7 heteroatoms. The number of ketones is 1. The molecule has 148 valence electrons. The number of nitrogens with one attached hydrogen (secondary N) is 1. The Bertz CT molecular complexity index is 885. The summed E-state index contributed by atoms with van der Waals surface area (Å²) in [5.74, 6) is 0.389. The molecule has 3 rings (SSSR count). The maximum atomic E-state index is 12.6. The van der Waals surface area contributed by atoms with Crippen molar-refractivity contribution >= 4 is 28.0 Å². The first-order chi connectivity index (χ1) is 13.5. The fourth-order valence-corrected chi connectivity index (χ4v) is 5.02. The van der Waals surface area contributed by atoms with Crippen LogP contribution in [0.5, 0.6) is 0 Å². The molecule has 0 heterocycles. The van der Waals surface area contributed by atoms with Crippen LogP contribution < -0.4 is 5.32 Å². The van der Waals surface area contributed by atoms with Crippen LogP contribution in [-0.4, -0.2) is 32.0 Å². The van der Waals surface area contributed by atoms with E-state index in [0.717, 1.165) is 25.7 Å². The quantitative estimate of drug-likeness (QED) is 0.425. The van der Waals surface area contributed by atoms with E-state index in [-0.39, 0.29) is 28.3 Å². The first kappa shape index (κ1) is 20.2. The van der Waals surface area contributed by atoms with Gasteiger partial charge < -0.3 is 5.32 Å². The normalized spacial score (nSPS) is 20.3. The van der Waals surface area contributed by atoms with Gasteiger partial charge in [-0.05, 0) is 31.4 Å². The molecule has 0 amide bonds. The molecule has 2 aromatic carbocycles. The van der Waals surface area contributed by atoms with Gasteiger partial charge in [-0.1, -0.05) is 43.7 Å². The van der Waals surface area contributed by atoms with E-state index >= 15 is 0 Å². The molecule has 3 atom stereocenters. The van der Waals surface area contributed by atoms with Crippen molar-refractivity contribution in [3.63, 3.8) is 0 Å². The zero-order chi connectivity index (χ0) is 20.1. The molecule has 3 unspecified atom stereocenters. The van der Waals surface area contributed by atoms with Crippen LogP contribution in [0.2, 0.25) is 0 Å². The predicted molar refractivity (Wildman–Crippen MR) is 111 cm³/mol. The number of carbonyl (C=O) groups is 1. The third-order valence-electron chi connectivity index (χ3n) is 5.13. The molecule has 1 aliphatic carbocycles. The van der Waals surface area contributed by atoms with E-state index in [9.17, 15) is 19.1 Å². The zero-order valence-corrected chi connectivity index (χ0v) is 16.6. The van der Waals surface area contributed by atoms with E-state index in [1.807, 2.05) is 13.0 Å². The Morgan fingerprint density at radius 2 is 1.93 bits per heavy atom. The standard InChI is InChI=1S/C21H24N2O4S/c1-2-28(27)18-10-6-9-17(14-18)22-19-12-11-16(13-20(19)23(25)26)21(24)15-7-4-3-5-8-15/h3-5,7-8,11-13,17-18,22H,2,6,9-10,14H2,1H3. The lowest BCUT2D eigenvalue weighted by Gasteiger charge is -2.29. The molecule has 0 bridgehead atoms. The third-order valence-corrected chi connectivity index (χ3v) is 6.88. The molecule has 0 aliphatic heterocycles. The molecule has 1 fully saturated rings. The third kappa shape index (κ3) is 4.65. The highest BCUT2D eigenvalue weighted by atomic mass is 32.2. The highest BCUT2D eigenvalue weighted by molar-refractivity contribution is 7.85. The summed E-state index contributed by atoms with van der Waals surface area (Å²) in [6.07, 6.45) is 3.51. The molecular formula is C21H24N2O4S. The van der Waals surface area contributed by atoms with Gasteiger partial charge in [0.25, 0.3) is 5.69 Å². The molecule has 0 radical (unpaired) electrons. The van der Waals surface area contributed by atoms with Gasteiger partial charge in [0.05, 0.1) is 4.92 Å². The van der Waals surface area contributed by atoms with Crippen molar-refractivity contribution < 1.29 is 13.9 Å². The molecule has 0 saturated heterocycles. The summed E-state index contributed by atoms with van der Waals surface area (Å²) in [7, 11) is -0.856. The minimum Gasteiger partial charge on any atom is -0.377 e. The van der Waals surface area contributed by atoms with Crippen molar-refractivity contribution in [1.29, 1.82) is 0 Å². The average molecular weight is 401 g/mol. The summed E-state index contributed by atoms with van der Waals surface area (Å²) in [5, 5.41) is 15.0. The number of carbonyl (C=O) groups excluding carboxylic acids is 1. The van der Waals surface area contributed by atoms with Gasteiger partial charge in [-0.3, -0.25) is 19.1 Å². The predicted octanol–water partition coefficient (Wildman–Crippen LogP) is 4.32. The number of nitro benzene ring substituents is 1.